The SMILES string of the molecule is CC(=O)O[C@@H]1[C@@H](O)[C@H](O[C@H]2[C@H](OC(=O)[C@@H]3CC[C@@H]4[C@H](C3)O[C@@]3(C[C@@H](OC(=O)C=Cc5ccccc5)[C@@H](C)CO3)[C@@]4(O)CO)O[C@H](CO)[C@@H](O)[C@@H]2OC(C)=O)O[C@H](C)[C@H]1O. The Kier molecular flexibility index (Phi) is 14.1. The third-order valence-electron chi connectivity index (χ3n) is 11.9. The summed E-state index contributed by atoms with van der Waals surface area (Å²) in [5.74, 6) is -6.91. The number of hydrogen-bond donors (Lipinski definition) is 6. The molecule has 0 radical (unpaired) electrons. The molecule has 59 heavy (non-hydrogen) atoms. The summed E-state index contributed by atoms with van der Waals surface area (Å²) in [6.45, 7) is 3.80. The van der Waals surface area contributed by atoms with Gasteiger partial charge in [0.05, 0.1) is 37.9 Å². The van der Waals surface area contributed by atoms with Crippen LogP contribution in [0, 0.1) is 17.8 Å². The summed E-state index contributed by atoms with van der Waals surface area (Å²) in [5, 5.41) is 65.5. The van der Waals surface area contributed by atoms with Gasteiger partial charge in [0.25, 0.3) is 0 Å². The van der Waals surface area contributed by atoms with E-state index in [0.29, 0.717) is 0 Å². The first-order valence-electron chi connectivity index (χ1n) is 19.8. The summed E-state index contributed by atoms with van der Waals surface area (Å²) in [7, 11) is 0. The van der Waals surface area contributed by atoms with E-state index in [-0.39, 0.29) is 38.2 Å². The first-order chi connectivity index (χ1) is 28.0. The second-order valence-corrected chi connectivity index (χ2v) is 15.9. The van der Waals surface area contributed by atoms with Gasteiger partial charge in [-0.25, -0.2) is 4.79 Å². The molecular formula is C40H54O19. The molecule has 6 N–H and O–H groups in total. The predicted octanol–water partition coefficient (Wildman–Crippen LogP) is -0.761. The summed E-state index contributed by atoms with van der Waals surface area (Å²) in [5.41, 5.74) is -1.15. The van der Waals surface area contributed by atoms with E-state index >= 15 is 0 Å². The van der Waals surface area contributed by atoms with Crippen molar-refractivity contribution < 1.29 is 92.4 Å². The highest BCUT2D eigenvalue weighted by Gasteiger charge is 2.69. The second kappa shape index (κ2) is 18.6. The van der Waals surface area contributed by atoms with E-state index in [1.807, 2.05) is 37.3 Å². The van der Waals surface area contributed by atoms with Gasteiger partial charge in [-0.2, -0.15) is 0 Å². The molecule has 1 aliphatic carbocycles. The minimum absolute atomic E-state index is 0.0219. The monoisotopic (exact) mass is 838 g/mol. The number of carbonyl (C=O) groups is 4. The molecule has 1 aromatic rings. The number of rotatable bonds is 11. The van der Waals surface area contributed by atoms with Gasteiger partial charge < -0.3 is 73.3 Å². The number of fused-ring (bicyclic) bond motifs is 1. The van der Waals surface area contributed by atoms with Crippen molar-refractivity contribution in [3.8, 4) is 0 Å². The van der Waals surface area contributed by atoms with Gasteiger partial charge >= 0.3 is 23.9 Å². The van der Waals surface area contributed by atoms with Crippen LogP contribution in [0.4, 0.5) is 0 Å². The summed E-state index contributed by atoms with van der Waals surface area (Å²) in [4.78, 5) is 50.9. The maximum absolute atomic E-state index is 14.0. The zero-order valence-electron chi connectivity index (χ0n) is 33.1. The van der Waals surface area contributed by atoms with Crippen LogP contribution in [0.25, 0.3) is 6.08 Å². The lowest BCUT2D eigenvalue weighted by Gasteiger charge is -2.47. The van der Waals surface area contributed by atoms with E-state index in [1.165, 1.54) is 13.0 Å². The number of benzene rings is 1. The number of aliphatic hydroxyl groups excluding tert-OH is 5. The number of esters is 4. The van der Waals surface area contributed by atoms with Gasteiger partial charge in [-0.05, 0) is 37.8 Å². The molecule has 4 aliphatic heterocycles. The Labute approximate surface area is 340 Å². The van der Waals surface area contributed by atoms with Crippen molar-refractivity contribution in [2.75, 3.05) is 19.8 Å². The molecule has 4 saturated heterocycles. The van der Waals surface area contributed by atoms with Crippen LogP contribution in [0.5, 0.6) is 0 Å². The third kappa shape index (κ3) is 9.35. The van der Waals surface area contributed by atoms with Crippen LogP contribution in [0.1, 0.15) is 58.9 Å². The molecule has 1 aromatic carbocycles. The predicted molar refractivity (Wildman–Crippen MR) is 196 cm³/mol. The average Bonchev–Trinajstić information content (AvgIpc) is 3.44. The first kappa shape index (κ1) is 44.9. The van der Waals surface area contributed by atoms with E-state index in [9.17, 15) is 49.8 Å². The van der Waals surface area contributed by atoms with Crippen LogP contribution in [0.3, 0.4) is 0 Å². The van der Waals surface area contributed by atoms with Gasteiger partial charge in [-0.1, -0.05) is 37.3 Å². The molecule has 0 aromatic heterocycles. The maximum Gasteiger partial charge on any atom is 0.331 e. The Balaban J connectivity index is 1.18. The van der Waals surface area contributed by atoms with Crippen LogP contribution >= 0.6 is 0 Å². The highest BCUT2D eigenvalue weighted by molar-refractivity contribution is 5.87. The first-order valence-corrected chi connectivity index (χ1v) is 19.8. The van der Waals surface area contributed by atoms with Gasteiger partial charge in [0, 0.05) is 38.2 Å². The molecule has 0 amide bonds. The van der Waals surface area contributed by atoms with Crippen LogP contribution in [-0.2, 0) is 61.8 Å². The Morgan fingerprint density at radius 1 is 0.847 bits per heavy atom. The number of hydrogen-bond acceptors (Lipinski definition) is 19. The van der Waals surface area contributed by atoms with E-state index in [1.54, 1.807) is 6.08 Å². The summed E-state index contributed by atoms with van der Waals surface area (Å²) in [6.07, 6.45) is -14.5. The van der Waals surface area contributed by atoms with Crippen molar-refractivity contribution in [3.05, 3.63) is 42.0 Å². The molecule has 1 spiro atoms. The Morgan fingerprint density at radius 2 is 1.54 bits per heavy atom. The van der Waals surface area contributed by atoms with Crippen molar-refractivity contribution in [1.29, 1.82) is 0 Å². The molecule has 19 nitrogen and oxygen atoms in total. The fraction of sp³-hybridized carbons (Fsp3) is 0.700. The highest BCUT2D eigenvalue weighted by atomic mass is 16.8. The lowest BCUT2D eigenvalue weighted by molar-refractivity contribution is -0.360. The standard InChI is InChI=1S/C40H54O19/c1-19-17-51-40(15-27(19)55-29(45)13-10-23-8-6-5-7-9-23)39(50,18-42)25-12-11-24(14-26(25)59-40)36(49)58-38-35(34(54-22(4)44)31(47)28(16-41)56-38)57-37-32(48)33(53-21(3)43)30(46)20(2)52-37/h5-10,13,19-20,24-28,30-35,37-38,41-42,46-48,50H,11-12,14-18H2,1-4H3/t19-,20+,24+,25+,26-,27+,28+,30+,31+,32+,33-,34-,35+,37-,38-,39+,40-/m0/s1. The smallest absolute Gasteiger partial charge is 0.331 e. The number of aliphatic hydroxyl groups is 6. The van der Waals surface area contributed by atoms with Crippen LogP contribution in [0.2, 0.25) is 0 Å². The molecule has 0 unspecified atom stereocenters. The minimum atomic E-state index is -1.94. The van der Waals surface area contributed by atoms with Gasteiger partial charge in [0.15, 0.2) is 24.6 Å². The molecule has 6 rings (SSSR count). The third-order valence-corrected chi connectivity index (χ3v) is 11.9. The van der Waals surface area contributed by atoms with Crippen LogP contribution in [-0.4, -0.2) is 159 Å². The van der Waals surface area contributed by atoms with Crippen LogP contribution in [0.15, 0.2) is 36.4 Å². The Hall–Kier alpha value is -3.60. The molecule has 1 saturated carbocycles. The van der Waals surface area contributed by atoms with Crippen molar-refractivity contribution >= 4 is 30.0 Å². The molecular weight excluding hydrogens is 784 g/mol. The minimum Gasteiger partial charge on any atom is -0.459 e. The summed E-state index contributed by atoms with van der Waals surface area (Å²) >= 11 is 0. The lowest BCUT2D eigenvalue weighted by Crippen LogP contribution is -2.65. The normalized spacial score (nSPS) is 42.2. The number of ether oxygens (including phenoxy) is 9. The summed E-state index contributed by atoms with van der Waals surface area (Å²) < 4.78 is 52.1. The van der Waals surface area contributed by atoms with Crippen LogP contribution < -0.4 is 0 Å². The van der Waals surface area contributed by atoms with E-state index in [0.717, 1.165) is 19.4 Å². The summed E-state index contributed by atoms with van der Waals surface area (Å²) in [6, 6.07) is 9.16. The largest absolute Gasteiger partial charge is 0.459 e. The molecule has 19 heteroatoms. The molecule has 5 aliphatic rings. The van der Waals surface area contributed by atoms with Crippen molar-refractivity contribution in [2.24, 2.45) is 17.8 Å². The zero-order valence-corrected chi connectivity index (χ0v) is 33.1. The number of carbonyl (C=O) groups excluding carboxylic acids is 4. The second-order valence-electron chi connectivity index (χ2n) is 15.9. The van der Waals surface area contributed by atoms with E-state index < -0.39 is 134 Å². The molecule has 5 fully saturated rings. The zero-order chi connectivity index (χ0) is 42.8. The fourth-order valence-electron chi connectivity index (χ4n) is 8.66. The lowest BCUT2D eigenvalue weighted by atomic mass is 9.70. The van der Waals surface area contributed by atoms with E-state index in [4.69, 9.17) is 42.6 Å². The van der Waals surface area contributed by atoms with Crippen molar-refractivity contribution in [2.45, 2.75) is 138 Å². The van der Waals surface area contributed by atoms with Gasteiger partial charge in [-0.3, -0.25) is 14.4 Å². The quantitative estimate of drug-likeness (QED) is 0.0908. The Morgan fingerprint density at radius 3 is 2.20 bits per heavy atom. The van der Waals surface area contributed by atoms with E-state index in [2.05, 4.69) is 0 Å². The average molecular weight is 839 g/mol. The van der Waals surface area contributed by atoms with Crippen molar-refractivity contribution in [3.63, 3.8) is 0 Å². The fourth-order valence-corrected chi connectivity index (χ4v) is 8.66. The van der Waals surface area contributed by atoms with Crippen molar-refractivity contribution in [1.82, 2.24) is 0 Å². The molecule has 328 valence electrons. The molecule has 4 heterocycles. The topological polar surface area (TPSA) is 273 Å². The molecule has 17 atom stereocenters. The molecule has 0 bridgehead atoms. The maximum atomic E-state index is 14.0. The van der Waals surface area contributed by atoms with Gasteiger partial charge in [0.1, 0.15) is 36.1 Å². The highest BCUT2D eigenvalue weighted by Crippen LogP contribution is 2.55. The van der Waals surface area contributed by atoms with Gasteiger partial charge in [0.2, 0.25) is 12.1 Å². The Bertz CT molecular complexity index is 1680. The van der Waals surface area contributed by atoms with Gasteiger partial charge in [-0.15, -0.1) is 0 Å².